The van der Waals surface area contributed by atoms with E-state index < -0.39 is 0 Å². The summed E-state index contributed by atoms with van der Waals surface area (Å²) in [6, 6.07) is 0. The molecular formula is C13H15Br. The molecule has 0 radical (unpaired) electrons. The van der Waals surface area contributed by atoms with Crippen molar-refractivity contribution in [3.05, 3.63) is 47.1 Å². The molecule has 2 rings (SSSR count). The minimum absolute atomic E-state index is 1.02. The van der Waals surface area contributed by atoms with Crippen LogP contribution >= 0.6 is 15.9 Å². The summed E-state index contributed by atoms with van der Waals surface area (Å²) in [5.74, 6) is 0. The Labute approximate surface area is 94.2 Å². The molecular weight excluding hydrogens is 236 g/mol. The van der Waals surface area contributed by atoms with Gasteiger partial charge in [-0.15, -0.1) is 0 Å². The summed E-state index contributed by atoms with van der Waals surface area (Å²) in [7, 11) is 0. The van der Waals surface area contributed by atoms with Gasteiger partial charge in [-0.05, 0) is 36.8 Å². The Balaban J connectivity index is 2.13. The fourth-order valence-electron chi connectivity index (χ4n) is 1.93. The fraction of sp³-hybridized carbons (Fsp3) is 0.385. The summed E-state index contributed by atoms with van der Waals surface area (Å²) in [5.41, 5.74) is 4.59. The van der Waals surface area contributed by atoms with Gasteiger partial charge in [-0.25, -0.2) is 0 Å². The molecule has 0 bridgehead atoms. The lowest BCUT2D eigenvalue weighted by molar-refractivity contribution is 0.872. The molecule has 0 fully saturated rings. The standard InChI is InChI=1S/C13H15Br/c14-10-11-6-8-13(9-7-11)12-4-2-1-3-5-12/h1-2,4,6,8H,3,5,7,9-10H2. The lowest BCUT2D eigenvalue weighted by atomic mass is 9.90. The van der Waals surface area contributed by atoms with E-state index >= 15 is 0 Å². The molecule has 0 spiro atoms. The number of allylic oxidation sites excluding steroid dienone is 8. The van der Waals surface area contributed by atoms with Gasteiger partial charge in [-0.3, -0.25) is 0 Å². The zero-order chi connectivity index (χ0) is 9.80. The van der Waals surface area contributed by atoms with E-state index in [1.807, 2.05) is 0 Å². The molecule has 2 aliphatic carbocycles. The van der Waals surface area contributed by atoms with Gasteiger partial charge < -0.3 is 0 Å². The summed E-state index contributed by atoms with van der Waals surface area (Å²) in [5, 5.41) is 1.02. The van der Waals surface area contributed by atoms with Crippen LogP contribution in [0.4, 0.5) is 0 Å². The number of rotatable bonds is 2. The van der Waals surface area contributed by atoms with Gasteiger partial charge in [0.2, 0.25) is 0 Å². The third-order valence-electron chi connectivity index (χ3n) is 2.83. The topological polar surface area (TPSA) is 0 Å². The Kier molecular flexibility index (Phi) is 3.41. The van der Waals surface area contributed by atoms with Crippen molar-refractivity contribution in [1.82, 2.24) is 0 Å². The maximum Gasteiger partial charge on any atom is 0.0245 e. The van der Waals surface area contributed by atoms with Gasteiger partial charge in [0.1, 0.15) is 0 Å². The van der Waals surface area contributed by atoms with Gasteiger partial charge in [0.15, 0.2) is 0 Å². The zero-order valence-electron chi connectivity index (χ0n) is 8.30. The number of hydrogen-bond donors (Lipinski definition) is 0. The van der Waals surface area contributed by atoms with Gasteiger partial charge in [0, 0.05) is 5.33 Å². The molecule has 0 aliphatic heterocycles. The molecule has 2 aliphatic rings. The first-order valence-corrected chi connectivity index (χ1v) is 6.33. The van der Waals surface area contributed by atoms with Crippen LogP contribution in [0.1, 0.15) is 25.7 Å². The van der Waals surface area contributed by atoms with Crippen LogP contribution in [0.25, 0.3) is 0 Å². The van der Waals surface area contributed by atoms with Gasteiger partial charge in [-0.1, -0.05) is 51.9 Å². The Hall–Kier alpha value is -0.560. The minimum Gasteiger partial charge on any atom is -0.0880 e. The van der Waals surface area contributed by atoms with Crippen LogP contribution in [-0.4, -0.2) is 5.33 Å². The third-order valence-corrected chi connectivity index (χ3v) is 3.55. The number of hydrogen-bond acceptors (Lipinski definition) is 0. The second-order valence-electron chi connectivity index (χ2n) is 3.81. The molecule has 0 heterocycles. The van der Waals surface area contributed by atoms with Crippen molar-refractivity contribution in [2.75, 3.05) is 5.33 Å². The van der Waals surface area contributed by atoms with Crippen LogP contribution in [-0.2, 0) is 0 Å². The molecule has 0 aromatic heterocycles. The van der Waals surface area contributed by atoms with Crippen molar-refractivity contribution in [3.8, 4) is 0 Å². The highest BCUT2D eigenvalue weighted by Gasteiger charge is 2.10. The number of alkyl halides is 1. The van der Waals surface area contributed by atoms with Gasteiger partial charge in [-0.2, -0.15) is 0 Å². The third kappa shape index (κ3) is 2.27. The van der Waals surface area contributed by atoms with Crippen LogP contribution < -0.4 is 0 Å². The fourth-order valence-corrected chi connectivity index (χ4v) is 2.40. The molecule has 0 nitrogen and oxygen atoms in total. The number of halogens is 1. The normalized spacial score (nSPS) is 21.4. The Morgan fingerprint density at radius 1 is 1.00 bits per heavy atom. The maximum atomic E-state index is 3.50. The molecule has 0 aromatic carbocycles. The second-order valence-corrected chi connectivity index (χ2v) is 4.37. The van der Waals surface area contributed by atoms with E-state index in [0.29, 0.717) is 0 Å². The average molecular weight is 251 g/mol. The second kappa shape index (κ2) is 4.79. The Morgan fingerprint density at radius 3 is 2.43 bits per heavy atom. The monoisotopic (exact) mass is 250 g/mol. The van der Waals surface area contributed by atoms with Crippen molar-refractivity contribution in [3.63, 3.8) is 0 Å². The van der Waals surface area contributed by atoms with Crippen molar-refractivity contribution in [2.45, 2.75) is 25.7 Å². The van der Waals surface area contributed by atoms with Crippen LogP contribution in [0.15, 0.2) is 47.1 Å². The van der Waals surface area contributed by atoms with E-state index in [1.54, 1.807) is 5.57 Å². The van der Waals surface area contributed by atoms with Gasteiger partial charge in [0.25, 0.3) is 0 Å². The first-order chi connectivity index (χ1) is 6.90. The molecule has 0 aromatic rings. The van der Waals surface area contributed by atoms with E-state index in [4.69, 9.17) is 0 Å². The molecule has 1 heteroatoms. The predicted molar refractivity (Wildman–Crippen MR) is 65.7 cm³/mol. The van der Waals surface area contributed by atoms with Crippen LogP contribution in [0.5, 0.6) is 0 Å². The van der Waals surface area contributed by atoms with E-state index in [2.05, 4.69) is 46.3 Å². The van der Waals surface area contributed by atoms with Crippen molar-refractivity contribution in [1.29, 1.82) is 0 Å². The summed E-state index contributed by atoms with van der Waals surface area (Å²) in [4.78, 5) is 0. The summed E-state index contributed by atoms with van der Waals surface area (Å²) in [6.45, 7) is 0. The lowest BCUT2D eigenvalue weighted by Crippen LogP contribution is -1.98. The average Bonchev–Trinajstić information content (AvgIpc) is 2.30. The highest BCUT2D eigenvalue weighted by molar-refractivity contribution is 9.09. The van der Waals surface area contributed by atoms with Crippen LogP contribution in [0.2, 0.25) is 0 Å². The molecule has 0 saturated heterocycles. The molecule has 0 saturated carbocycles. The summed E-state index contributed by atoms with van der Waals surface area (Å²) >= 11 is 3.50. The minimum atomic E-state index is 1.02. The smallest absolute Gasteiger partial charge is 0.0245 e. The quantitative estimate of drug-likeness (QED) is 0.642. The van der Waals surface area contributed by atoms with Crippen molar-refractivity contribution >= 4 is 15.9 Å². The summed E-state index contributed by atoms with van der Waals surface area (Å²) in [6.07, 6.45) is 16.1. The van der Waals surface area contributed by atoms with Crippen LogP contribution in [0.3, 0.4) is 0 Å². The van der Waals surface area contributed by atoms with Crippen molar-refractivity contribution < 1.29 is 0 Å². The predicted octanol–water partition coefficient (Wildman–Crippen LogP) is 4.30. The highest BCUT2D eigenvalue weighted by Crippen LogP contribution is 2.28. The molecule has 0 amide bonds. The molecule has 74 valence electrons. The largest absolute Gasteiger partial charge is 0.0880 e. The van der Waals surface area contributed by atoms with Gasteiger partial charge in [0.05, 0.1) is 0 Å². The van der Waals surface area contributed by atoms with E-state index in [9.17, 15) is 0 Å². The summed E-state index contributed by atoms with van der Waals surface area (Å²) < 4.78 is 0. The highest BCUT2D eigenvalue weighted by atomic mass is 79.9. The Morgan fingerprint density at radius 2 is 1.86 bits per heavy atom. The van der Waals surface area contributed by atoms with Crippen molar-refractivity contribution in [2.24, 2.45) is 0 Å². The molecule has 14 heavy (non-hydrogen) atoms. The first kappa shape index (κ1) is 9.97. The van der Waals surface area contributed by atoms with Crippen LogP contribution in [0, 0.1) is 0 Å². The maximum absolute atomic E-state index is 3.50. The molecule has 0 N–H and O–H groups in total. The molecule has 0 unspecified atom stereocenters. The SMILES string of the molecule is BrCC1=CC=C(C2=CC=CCC2)CC1. The first-order valence-electron chi connectivity index (χ1n) is 5.21. The lowest BCUT2D eigenvalue weighted by Gasteiger charge is -2.17. The van der Waals surface area contributed by atoms with E-state index in [0.717, 1.165) is 5.33 Å². The zero-order valence-corrected chi connectivity index (χ0v) is 9.89. The van der Waals surface area contributed by atoms with E-state index in [-0.39, 0.29) is 0 Å². The van der Waals surface area contributed by atoms with Gasteiger partial charge >= 0.3 is 0 Å². The molecule has 0 atom stereocenters. The van der Waals surface area contributed by atoms with E-state index in [1.165, 1.54) is 36.8 Å². The Bertz CT molecular complexity index is 329.